The van der Waals surface area contributed by atoms with Crippen molar-refractivity contribution in [2.45, 2.75) is 90.4 Å². The van der Waals surface area contributed by atoms with Gasteiger partial charge in [-0.3, -0.25) is 9.78 Å². The molecule has 23 heavy (non-hydrogen) atoms. The smallest absolute Gasteiger partial charge is 0.308 e. The summed E-state index contributed by atoms with van der Waals surface area (Å²) in [6.45, 7) is 2.24. The average Bonchev–Trinajstić information content (AvgIpc) is 2.52. The van der Waals surface area contributed by atoms with E-state index in [1.807, 2.05) is 4.98 Å². The van der Waals surface area contributed by atoms with E-state index in [1.54, 1.807) is 0 Å². The Hall–Kier alpha value is -1.39. The van der Waals surface area contributed by atoms with Crippen molar-refractivity contribution in [3.63, 3.8) is 0 Å². The fourth-order valence-electron chi connectivity index (χ4n) is 2.83. The van der Waals surface area contributed by atoms with Gasteiger partial charge in [-0.2, -0.15) is 4.39 Å². The van der Waals surface area contributed by atoms with Gasteiger partial charge in [-0.25, -0.2) is 4.79 Å². The van der Waals surface area contributed by atoms with E-state index < -0.39 is 17.1 Å². The number of hydrogen-bond donors (Lipinski definition) is 2. The number of aryl methyl sites for hydroxylation is 1. The average molecular weight is 326 g/mol. The lowest BCUT2D eigenvalue weighted by Crippen LogP contribution is -2.27. The van der Waals surface area contributed by atoms with Gasteiger partial charge >= 0.3 is 5.69 Å². The molecule has 0 aliphatic heterocycles. The maximum atomic E-state index is 13.5. The second-order valence-electron chi connectivity index (χ2n) is 6.34. The lowest BCUT2D eigenvalue weighted by molar-refractivity contribution is 0.534. The zero-order chi connectivity index (χ0) is 16.9. The largest absolute Gasteiger partial charge is 0.326 e. The first-order valence-electron chi connectivity index (χ1n) is 9.16. The predicted molar refractivity (Wildman–Crippen MR) is 92.4 cm³/mol. The van der Waals surface area contributed by atoms with Crippen molar-refractivity contribution in [1.29, 1.82) is 0 Å². The molecule has 1 aromatic rings. The second kappa shape index (κ2) is 12.1. The van der Waals surface area contributed by atoms with Crippen LogP contribution in [0, 0.1) is 5.82 Å². The minimum absolute atomic E-state index is 0.130. The van der Waals surface area contributed by atoms with E-state index in [1.165, 1.54) is 57.8 Å². The molecule has 4 nitrogen and oxygen atoms in total. The number of aromatic amines is 2. The zero-order valence-electron chi connectivity index (χ0n) is 14.4. The summed E-state index contributed by atoms with van der Waals surface area (Å²) < 4.78 is 13.5. The summed E-state index contributed by atoms with van der Waals surface area (Å²) in [6, 6.07) is 0. The quantitative estimate of drug-likeness (QED) is 0.526. The topological polar surface area (TPSA) is 65.7 Å². The highest BCUT2D eigenvalue weighted by atomic mass is 19.1. The van der Waals surface area contributed by atoms with Gasteiger partial charge in [-0.15, -0.1) is 0 Å². The van der Waals surface area contributed by atoms with E-state index >= 15 is 0 Å². The van der Waals surface area contributed by atoms with Crippen molar-refractivity contribution in [2.24, 2.45) is 0 Å². The third-order valence-electron chi connectivity index (χ3n) is 4.24. The minimum Gasteiger partial charge on any atom is -0.308 e. The van der Waals surface area contributed by atoms with Crippen LogP contribution in [0.2, 0.25) is 0 Å². The van der Waals surface area contributed by atoms with Gasteiger partial charge in [0.1, 0.15) is 0 Å². The standard InChI is InChI=1S/C18H31FN2O2/c1-2-3-4-5-6-7-8-9-10-11-12-13-14-15-16(19)17(22)21-18(23)20-15/h2-14H2,1H3,(H2,20,21,22,23). The van der Waals surface area contributed by atoms with Crippen LogP contribution in [0.3, 0.4) is 0 Å². The molecule has 0 unspecified atom stereocenters. The molecule has 5 heteroatoms. The number of aromatic nitrogens is 2. The van der Waals surface area contributed by atoms with Gasteiger partial charge in [-0.05, 0) is 12.8 Å². The summed E-state index contributed by atoms with van der Waals surface area (Å²) in [4.78, 5) is 26.5. The molecule has 1 heterocycles. The highest BCUT2D eigenvalue weighted by Crippen LogP contribution is 2.12. The third-order valence-corrected chi connectivity index (χ3v) is 4.24. The van der Waals surface area contributed by atoms with Crippen LogP contribution in [-0.4, -0.2) is 9.97 Å². The number of nitrogens with one attached hydrogen (secondary N) is 2. The number of H-pyrrole nitrogens is 2. The Morgan fingerprint density at radius 2 is 1.22 bits per heavy atom. The van der Waals surface area contributed by atoms with Gasteiger partial charge in [0.15, 0.2) is 0 Å². The first kappa shape index (κ1) is 19.7. The third kappa shape index (κ3) is 8.72. The van der Waals surface area contributed by atoms with Gasteiger partial charge in [0.2, 0.25) is 5.82 Å². The van der Waals surface area contributed by atoms with E-state index in [9.17, 15) is 14.0 Å². The molecule has 132 valence electrons. The number of hydrogen-bond acceptors (Lipinski definition) is 2. The predicted octanol–water partition coefficient (Wildman–Crippen LogP) is 4.45. The Morgan fingerprint density at radius 3 is 1.74 bits per heavy atom. The molecule has 0 bridgehead atoms. The van der Waals surface area contributed by atoms with Crippen LogP contribution in [0.1, 0.15) is 89.7 Å². The normalized spacial score (nSPS) is 11.0. The Balaban J connectivity index is 2.00. The molecule has 0 atom stereocenters. The molecule has 0 aromatic carbocycles. The summed E-state index contributed by atoms with van der Waals surface area (Å²) in [6.07, 6.45) is 15.2. The van der Waals surface area contributed by atoms with E-state index in [2.05, 4.69) is 11.9 Å². The summed E-state index contributed by atoms with van der Waals surface area (Å²) in [5.74, 6) is -0.854. The van der Waals surface area contributed by atoms with Gasteiger partial charge in [-0.1, -0.05) is 77.6 Å². The molecule has 1 rings (SSSR count). The van der Waals surface area contributed by atoms with Crippen LogP contribution in [0.5, 0.6) is 0 Å². The lowest BCUT2D eigenvalue weighted by Gasteiger charge is -2.04. The van der Waals surface area contributed by atoms with Gasteiger partial charge in [0.05, 0.1) is 5.69 Å². The van der Waals surface area contributed by atoms with Gasteiger partial charge in [0, 0.05) is 0 Å². The first-order chi connectivity index (χ1) is 11.1. The van der Waals surface area contributed by atoms with Crippen LogP contribution < -0.4 is 11.2 Å². The monoisotopic (exact) mass is 326 g/mol. The fourth-order valence-corrected chi connectivity index (χ4v) is 2.83. The molecule has 2 N–H and O–H groups in total. The van der Waals surface area contributed by atoms with E-state index in [4.69, 9.17) is 0 Å². The molecule has 0 radical (unpaired) electrons. The van der Waals surface area contributed by atoms with Crippen molar-refractivity contribution in [3.8, 4) is 0 Å². The van der Waals surface area contributed by atoms with Crippen molar-refractivity contribution < 1.29 is 4.39 Å². The summed E-state index contributed by atoms with van der Waals surface area (Å²) in [7, 11) is 0. The Bertz CT molecular complexity index is 537. The van der Waals surface area contributed by atoms with Crippen molar-refractivity contribution >= 4 is 0 Å². The second-order valence-corrected chi connectivity index (χ2v) is 6.34. The molecule has 0 saturated carbocycles. The zero-order valence-corrected chi connectivity index (χ0v) is 14.4. The van der Waals surface area contributed by atoms with E-state index in [-0.39, 0.29) is 5.69 Å². The molecular formula is C18H31FN2O2. The molecule has 0 aliphatic carbocycles. The SMILES string of the molecule is CCCCCCCCCCCCCCc1[nH]c(=O)[nH]c(=O)c1F. The number of rotatable bonds is 13. The summed E-state index contributed by atoms with van der Waals surface area (Å²) >= 11 is 0. The van der Waals surface area contributed by atoms with Crippen LogP contribution in [-0.2, 0) is 6.42 Å². The minimum atomic E-state index is -0.928. The molecule has 0 amide bonds. The molecule has 0 fully saturated rings. The molecule has 1 aromatic heterocycles. The van der Waals surface area contributed by atoms with Crippen molar-refractivity contribution in [3.05, 3.63) is 32.3 Å². The highest BCUT2D eigenvalue weighted by Gasteiger charge is 2.07. The Labute approximate surface area is 137 Å². The van der Waals surface area contributed by atoms with Crippen molar-refractivity contribution in [1.82, 2.24) is 9.97 Å². The lowest BCUT2D eigenvalue weighted by atomic mass is 10.0. The Morgan fingerprint density at radius 1 is 0.739 bits per heavy atom. The van der Waals surface area contributed by atoms with Gasteiger partial charge in [0.25, 0.3) is 5.56 Å². The van der Waals surface area contributed by atoms with Crippen LogP contribution >= 0.6 is 0 Å². The molecule has 0 spiro atoms. The summed E-state index contributed by atoms with van der Waals surface area (Å²) in [5.41, 5.74) is -1.43. The Kier molecular flexibility index (Phi) is 10.3. The van der Waals surface area contributed by atoms with E-state index in [0.29, 0.717) is 6.42 Å². The number of halogens is 1. The van der Waals surface area contributed by atoms with Crippen molar-refractivity contribution in [2.75, 3.05) is 0 Å². The molecule has 0 aliphatic rings. The summed E-state index contributed by atoms with van der Waals surface area (Å²) in [5, 5.41) is 0. The fraction of sp³-hybridized carbons (Fsp3) is 0.778. The van der Waals surface area contributed by atoms with E-state index in [0.717, 1.165) is 19.3 Å². The first-order valence-corrected chi connectivity index (χ1v) is 9.16. The van der Waals surface area contributed by atoms with Gasteiger partial charge < -0.3 is 4.98 Å². The van der Waals surface area contributed by atoms with Crippen LogP contribution in [0.15, 0.2) is 9.59 Å². The maximum absolute atomic E-state index is 13.5. The maximum Gasteiger partial charge on any atom is 0.326 e. The number of unbranched alkanes of at least 4 members (excludes halogenated alkanes) is 11. The highest BCUT2D eigenvalue weighted by molar-refractivity contribution is 5.02. The van der Waals surface area contributed by atoms with Crippen LogP contribution in [0.4, 0.5) is 4.39 Å². The molecule has 0 saturated heterocycles. The molecular weight excluding hydrogens is 295 g/mol. The van der Waals surface area contributed by atoms with Crippen LogP contribution in [0.25, 0.3) is 0 Å².